The van der Waals surface area contributed by atoms with Crippen LogP contribution in [0.25, 0.3) is 0 Å². The lowest BCUT2D eigenvalue weighted by molar-refractivity contribution is 0.0696. The molecular formula is C36H35Cl2N3O5. The molecule has 1 amide bonds. The molecule has 1 aliphatic carbocycles. The van der Waals surface area contributed by atoms with Crippen molar-refractivity contribution in [2.75, 3.05) is 7.11 Å². The predicted molar refractivity (Wildman–Crippen MR) is 179 cm³/mol. The summed E-state index contributed by atoms with van der Waals surface area (Å²) in [6, 6.07) is 20.4. The van der Waals surface area contributed by atoms with E-state index in [2.05, 4.69) is 16.8 Å². The number of carbonyl (C=O) groups is 2. The Balaban J connectivity index is 1.44. The number of amides is 1. The van der Waals surface area contributed by atoms with Crippen molar-refractivity contribution < 1.29 is 24.2 Å². The number of carboxylic acids is 1. The standard InChI is InChI=1S/C36H35Cl2N3O5/c1-3-4-18-41-22-33(30-17-12-26(37)21-31(30)38)39-34(41)32(40-35(42)25-6-5-7-29(20-25)45-2)19-23-8-13-27(14-9-23)46-28-15-10-24(11-16-28)36(43)44/h5-16,20-22,30,32H,3-4,17-19H2,1-2H3,(H,40,42)(H,43,44)/t30?,32-/m0/s1. The molecule has 2 N–H and O–H groups in total. The number of ether oxygens (including phenoxy) is 2. The number of halogens is 2. The number of carboxylic acid groups (broad SMARTS) is 1. The summed E-state index contributed by atoms with van der Waals surface area (Å²) in [6.45, 7) is 2.87. The van der Waals surface area contributed by atoms with Crippen molar-refractivity contribution >= 4 is 35.1 Å². The molecule has 0 bridgehead atoms. The Morgan fingerprint density at radius 3 is 2.39 bits per heavy atom. The molecular weight excluding hydrogens is 625 g/mol. The van der Waals surface area contributed by atoms with Gasteiger partial charge in [0.15, 0.2) is 0 Å². The molecule has 238 valence electrons. The molecule has 1 aromatic heterocycles. The van der Waals surface area contributed by atoms with Crippen molar-refractivity contribution in [1.29, 1.82) is 0 Å². The highest BCUT2D eigenvalue weighted by Crippen LogP contribution is 2.37. The summed E-state index contributed by atoms with van der Waals surface area (Å²) in [5, 5.41) is 13.6. The first-order valence-electron chi connectivity index (χ1n) is 15.1. The van der Waals surface area contributed by atoms with Crippen molar-refractivity contribution in [3.63, 3.8) is 0 Å². The van der Waals surface area contributed by atoms with Gasteiger partial charge in [-0.25, -0.2) is 9.78 Å². The molecule has 8 nitrogen and oxygen atoms in total. The minimum Gasteiger partial charge on any atom is -0.497 e. The van der Waals surface area contributed by atoms with E-state index >= 15 is 0 Å². The van der Waals surface area contributed by atoms with E-state index in [9.17, 15) is 9.59 Å². The third-order valence-electron chi connectivity index (χ3n) is 7.74. The largest absolute Gasteiger partial charge is 0.497 e. The fourth-order valence-corrected chi connectivity index (χ4v) is 5.83. The summed E-state index contributed by atoms with van der Waals surface area (Å²) in [7, 11) is 1.57. The molecule has 4 aromatic rings. The number of benzene rings is 3. The topological polar surface area (TPSA) is 103 Å². The lowest BCUT2D eigenvalue weighted by Crippen LogP contribution is -2.32. The normalized spacial score (nSPS) is 15.0. The Kier molecular flexibility index (Phi) is 10.8. The Morgan fingerprint density at radius 1 is 1.02 bits per heavy atom. The van der Waals surface area contributed by atoms with Crippen LogP contribution in [0.2, 0.25) is 0 Å². The second kappa shape index (κ2) is 15.2. The summed E-state index contributed by atoms with van der Waals surface area (Å²) in [4.78, 5) is 29.9. The van der Waals surface area contributed by atoms with Crippen LogP contribution in [0.3, 0.4) is 0 Å². The monoisotopic (exact) mass is 659 g/mol. The fourth-order valence-electron chi connectivity index (χ4n) is 5.24. The van der Waals surface area contributed by atoms with Gasteiger partial charge in [0.2, 0.25) is 0 Å². The quantitative estimate of drug-likeness (QED) is 0.149. The fraction of sp³-hybridized carbons (Fsp3) is 0.250. The zero-order valence-electron chi connectivity index (χ0n) is 25.6. The van der Waals surface area contributed by atoms with E-state index in [4.69, 9.17) is 42.8 Å². The van der Waals surface area contributed by atoms with Crippen molar-refractivity contribution in [3.05, 3.63) is 129 Å². The Bertz CT molecular complexity index is 1750. The molecule has 2 atom stereocenters. The van der Waals surface area contributed by atoms with E-state index in [0.29, 0.717) is 45.7 Å². The lowest BCUT2D eigenvalue weighted by atomic mass is 9.97. The molecule has 0 spiro atoms. The summed E-state index contributed by atoms with van der Waals surface area (Å²) >= 11 is 12.9. The maximum absolute atomic E-state index is 13.6. The van der Waals surface area contributed by atoms with Gasteiger partial charge in [0.25, 0.3) is 5.91 Å². The highest BCUT2D eigenvalue weighted by Gasteiger charge is 2.27. The number of nitrogens with zero attached hydrogens (tertiary/aromatic N) is 2. The van der Waals surface area contributed by atoms with E-state index < -0.39 is 12.0 Å². The average Bonchev–Trinajstić information content (AvgIpc) is 3.48. The lowest BCUT2D eigenvalue weighted by Gasteiger charge is -2.21. The van der Waals surface area contributed by atoms with E-state index in [-0.39, 0.29) is 17.4 Å². The molecule has 0 saturated heterocycles. The third-order valence-corrected chi connectivity index (χ3v) is 8.38. The number of aromatic nitrogens is 2. The van der Waals surface area contributed by atoms with Crippen LogP contribution in [0.1, 0.15) is 75.9 Å². The summed E-state index contributed by atoms with van der Waals surface area (Å²) in [5.41, 5.74) is 2.45. The summed E-state index contributed by atoms with van der Waals surface area (Å²) in [6.07, 6.45) is 8.78. The molecule has 5 rings (SSSR count). The third kappa shape index (κ3) is 8.19. The second-order valence-electron chi connectivity index (χ2n) is 11.0. The van der Waals surface area contributed by atoms with Crippen LogP contribution in [0.15, 0.2) is 101 Å². The number of hydrogen-bond donors (Lipinski definition) is 2. The predicted octanol–water partition coefficient (Wildman–Crippen LogP) is 8.63. The average molecular weight is 661 g/mol. The van der Waals surface area contributed by atoms with Crippen LogP contribution in [0, 0.1) is 0 Å². The second-order valence-corrected chi connectivity index (χ2v) is 11.9. The minimum atomic E-state index is -0.995. The van der Waals surface area contributed by atoms with Crippen LogP contribution >= 0.6 is 23.2 Å². The Labute approximate surface area is 278 Å². The zero-order valence-corrected chi connectivity index (χ0v) is 27.1. The first-order valence-corrected chi connectivity index (χ1v) is 15.8. The number of aryl methyl sites for hydroxylation is 1. The molecule has 46 heavy (non-hydrogen) atoms. The molecule has 1 unspecified atom stereocenters. The zero-order chi connectivity index (χ0) is 32.6. The number of hydrogen-bond acceptors (Lipinski definition) is 5. The van der Waals surface area contributed by atoms with Gasteiger partial charge in [-0.2, -0.15) is 0 Å². The van der Waals surface area contributed by atoms with Crippen LogP contribution in [0.5, 0.6) is 17.2 Å². The highest BCUT2D eigenvalue weighted by atomic mass is 35.5. The maximum atomic E-state index is 13.6. The first-order chi connectivity index (χ1) is 22.2. The first kappa shape index (κ1) is 32.9. The maximum Gasteiger partial charge on any atom is 0.335 e. The number of unbranched alkanes of at least 4 members (excludes halogenated alkanes) is 1. The summed E-state index contributed by atoms with van der Waals surface area (Å²) in [5.74, 6) is 1.09. The number of nitrogens with one attached hydrogen (secondary N) is 1. The van der Waals surface area contributed by atoms with E-state index in [1.54, 1.807) is 49.6 Å². The Morgan fingerprint density at radius 2 is 1.74 bits per heavy atom. The van der Waals surface area contributed by atoms with Crippen LogP contribution in [-0.4, -0.2) is 33.6 Å². The number of allylic oxidation sites excluding steroid dienone is 4. The molecule has 0 radical (unpaired) electrons. The number of carbonyl (C=O) groups excluding carboxylic acids is 1. The van der Waals surface area contributed by atoms with E-state index in [1.165, 1.54) is 12.1 Å². The SMILES string of the molecule is CCCCn1cc(C2CC=C(Cl)C=C2Cl)nc1[C@H](Cc1ccc(Oc2ccc(C(=O)O)cc2)cc1)NC(=O)c1cccc(OC)c1. The van der Waals surface area contributed by atoms with Crippen molar-refractivity contribution in [1.82, 2.24) is 14.9 Å². The number of rotatable bonds is 13. The minimum absolute atomic E-state index is 0.124. The van der Waals surface area contributed by atoms with E-state index in [1.807, 2.05) is 36.5 Å². The van der Waals surface area contributed by atoms with Gasteiger partial charge in [0.05, 0.1) is 24.4 Å². The van der Waals surface area contributed by atoms with Gasteiger partial charge in [-0.1, -0.05) is 60.8 Å². The van der Waals surface area contributed by atoms with Gasteiger partial charge in [-0.05, 0) is 85.5 Å². The van der Waals surface area contributed by atoms with Gasteiger partial charge in [0, 0.05) is 34.3 Å². The molecule has 1 aliphatic rings. The van der Waals surface area contributed by atoms with Gasteiger partial charge in [0.1, 0.15) is 23.1 Å². The number of imidazole rings is 1. The van der Waals surface area contributed by atoms with E-state index in [0.717, 1.165) is 36.5 Å². The van der Waals surface area contributed by atoms with Crippen molar-refractivity contribution in [2.45, 2.75) is 51.1 Å². The van der Waals surface area contributed by atoms with Crippen LogP contribution in [-0.2, 0) is 13.0 Å². The smallest absolute Gasteiger partial charge is 0.335 e. The number of aromatic carboxylic acids is 1. The molecule has 1 heterocycles. The molecule has 0 aliphatic heterocycles. The van der Waals surface area contributed by atoms with Crippen LogP contribution < -0.4 is 14.8 Å². The van der Waals surface area contributed by atoms with Gasteiger partial charge < -0.3 is 24.5 Å². The van der Waals surface area contributed by atoms with Crippen molar-refractivity contribution in [3.8, 4) is 17.2 Å². The number of methoxy groups -OCH3 is 1. The molecule has 3 aromatic carbocycles. The van der Waals surface area contributed by atoms with Crippen molar-refractivity contribution in [2.24, 2.45) is 0 Å². The molecule has 0 fully saturated rings. The van der Waals surface area contributed by atoms with Gasteiger partial charge >= 0.3 is 5.97 Å². The van der Waals surface area contributed by atoms with Gasteiger partial charge in [-0.3, -0.25) is 4.79 Å². The van der Waals surface area contributed by atoms with Gasteiger partial charge in [-0.15, -0.1) is 0 Å². The Hall–Kier alpha value is -4.53. The van der Waals surface area contributed by atoms with Crippen LogP contribution in [0.4, 0.5) is 0 Å². The summed E-state index contributed by atoms with van der Waals surface area (Å²) < 4.78 is 13.4. The highest BCUT2D eigenvalue weighted by molar-refractivity contribution is 6.35. The molecule has 10 heteroatoms. The molecule has 0 saturated carbocycles.